The summed E-state index contributed by atoms with van der Waals surface area (Å²) in [6.45, 7) is 0.577. The fourth-order valence-corrected chi connectivity index (χ4v) is 1.43. The van der Waals surface area contributed by atoms with Crippen molar-refractivity contribution in [1.82, 2.24) is 15.8 Å². The van der Waals surface area contributed by atoms with E-state index in [1.807, 2.05) is 0 Å². The van der Waals surface area contributed by atoms with Gasteiger partial charge >= 0.3 is 0 Å². The zero-order valence-corrected chi connectivity index (χ0v) is 14.3. The molecule has 0 saturated carbocycles. The fourth-order valence-electron chi connectivity index (χ4n) is 1.43. The van der Waals surface area contributed by atoms with E-state index in [4.69, 9.17) is 11.5 Å². The van der Waals surface area contributed by atoms with Gasteiger partial charge in [0.05, 0.1) is 6.04 Å². The van der Waals surface area contributed by atoms with Gasteiger partial charge in [0.1, 0.15) is 0 Å². The minimum absolute atomic E-state index is 0. The Hall–Kier alpha value is -1.12. The summed E-state index contributed by atoms with van der Waals surface area (Å²) in [5.41, 5.74) is 16.0. The quantitative estimate of drug-likeness (QED) is 0.428. The van der Waals surface area contributed by atoms with Crippen LogP contribution in [-0.4, -0.2) is 29.4 Å². The van der Waals surface area contributed by atoms with E-state index < -0.39 is 17.9 Å². The highest BCUT2D eigenvalue weighted by atomic mass is 35.5. The number of hydrogen-bond donors (Lipinski definition) is 4. The van der Waals surface area contributed by atoms with Crippen molar-refractivity contribution in [1.29, 1.82) is 0 Å². The largest absolute Gasteiger partial charge is 0.330 e. The van der Waals surface area contributed by atoms with E-state index in [-0.39, 0.29) is 37.2 Å². The van der Waals surface area contributed by atoms with Gasteiger partial charge in [0, 0.05) is 18.0 Å². The van der Waals surface area contributed by atoms with Crippen LogP contribution in [0.15, 0.2) is 24.5 Å². The third-order valence-corrected chi connectivity index (χ3v) is 2.55. The van der Waals surface area contributed by atoms with Gasteiger partial charge in [-0.05, 0) is 31.5 Å². The van der Waals surface area contributed by atoms with E-state index in [2.05, 4.69) is 15.8 Å². The number of carbonyl (C=O) groups excluding carboxylic acids is 2. The summed E-state index contributed by atoms with van der Waals surface area (Å²) in [5, 5.41) is 0. The number of amides is 2. The van der Waals surface area contributed by atoms with Crippen LogP contribution in [0.4, 0.5) is 0 Å². The minimum atomic E-state index is -0.649. The number of carbonyl (C=O) groups is 2. The number of nitrogens with zero attached hydrogens (tertiary/aromatic N) is 1. The third-order valence-electron chi connectivity index (χ3n) is 2.55. The van der Waals surface area contributed by atoms with Crippen LogP contribution in [-0.2, 0) is 4.79 Å². The van der Waals surface area contributed by atoms with E-state index in [1.165, 1.54) is 12.4 Å². The van der Waals surface area contributed by atoms with Crippen LogP contribution < -0.4 is 22.3 Å². The van der Waals surface area contributed by atoms with Crippen molar-refractivity contribution in [3.63, 3.8) is 0 Å². The molecular formula is C12H22Cl3N5O2. The number of hydrogen-bond acceptors (Lipinski definition) is 5. The monoisotopic (exact) mass is 373 g/mol. The molecular weight excluding hydrogens is 353 g/mol. The van der Waals surface area contributed by atoms with Crippen molar-refractivity contribution >= 4 is 49.0 Å². The molecule has 128 valence electrons. The summed E-state index contributed by atoms with van der Waals surface area (Å²) in [7, 11) is 0. The molecule has 1 heterocycles. The van der Waals surface area contributed by atoms with Crippen LogP contribution >= 0.6 is 37.2 Å². The summed E-state index contributed by atoms with van der Waals surface area (Å²) in [5.74, 6) is -0.829. The lowest BCUT2D eigenvalue weighted by Gasteiger charge is -2.12. The predicted molar refractivity (Wildman–Crippen MR) is 92.5 cm³/mol. The maximum absolute atomic E-state index is 11.6. The average molecular weight is 375 g/mol. The van der Waals surface area contributed by atoms with Gasteiger partial charge in [-0.1, -0.05) is 6.42 Å². The lowest BCUT2D eigenvalue weighted by molar-refractivity contribution is -0.123. The fraction of sp³-hybridized carbons (Fsp3) is 0.417. The Kier molecular flexibility index (Phi) is 17.4. The van der Waals surface area contributed by atoms with E-state index in [1.54, 1.807) is 12.1 Å². The number of nitrogens with one attached hydrogen (secondary N) is 2. The van der Waals surface area contributed by atoms with Gasteiger partial charge in [-0.25, -0.2) is 0 Å². The number of rotatable bonds is 6. The first-order chi connectivity index (χ1) is 9.15. The van der Waals surface area contributed by atoms with E-state index in [0.29, 0.717) is 18.5 Å². The van der Waals surface area contributed by atoms with Crippen molar-refractivity contribution in [2.45, 2.75) is 25.3 Å². The molecule has 0 aromatic carbocycles. The second-order valence-corrected chi connectivity index (χ2v) is 4.07. The highest BCUT2D eigenvalue weighted by molar-refractivity contribution is 5.95. The number of nitrogens with two attached hydrogens (primary N) is 2. The van der Waals surface area contributed by atoms with Gasteiger partial charge in [-0.3, -0.25) is 25.4 Å². The van der Waals surface area contributed by atoms with E-state index in [0.717, 1.165) is 12.8 Å². The standard InChI is InChI=1S/C12H19N5O2.3ClH/c13-6-2-1-3-10(14)12(19)17-16-11(18)9-4-7-15-8-5-9;;;/h4-5,7-8,10H,1-3,6,13-14H2,(H,16,18)(H,17,19);3*1H/t10-;;;/m0.../s1. The Balaban J connectivity index is -0.00000120. The van der Waals surface area contributed by atoms with Gasteiger partial charge in [0.25, 0.3) is 11.8 Å². The molecule has 0 fully saturated rings. The van der Waals surface area contributed by atoms with Crippen LogP contribution in [0.1, 0.15) is 29.6 Å². The number of hydrazine groups is 1. The Morgan fingerprint density at radius 2 is 1.68 bits per heavy atom. The molecule has 2 amide bonds. The number of halogens is 3. The third kappa shape index (κ3) is 9.75. The summed E-state index contributed by atoms with van der Waals surface area (Å²) >= 11 is 0. The first-order valence-corrected chi connectivity index (χ1v) is 6.11. The number of aromatic nitrogens is 1. The smallest absolute Gasteiger partial charge is 0.269 e. The molecule has 1 aromatic rings. The maximum Gasteiger partial charge on any atom is 0.269 e. The van der Waals surface area contributed by atoms with Crippen LogP contribution in [0.2, 0.25) is 0 Å². The maximum atomic E-state index is 11.6. The van der Waals surface area contributed by atoms with Crippen molar-refractivity contribution in [3.8, 4) is 0 Å². The number of pyridine rings is 1. The van der Waals surface area contributed by atoms with Gasteiger partial charge < -0.3 is 11.5 Å². The molecule has 0 aliphatic rings. The Labute approximate surface area is 148 Å². The van der Waals surface area contributed by atoms with Gasteiger partial charge in [-0.2, -0.15) is 0 Å². The van der Waals surface area contributed by atoms with E-state index in [9.17, 15) is 9.59 Å². The molecule has 0 saturated heterocycles. The Bertz CT molecular complexity index is 422. The molecule has 0 aliphatic carbocycles. The summed E-state index contributed by atoms with van der Waals surface area (Å²) in [4.78, 5) is 27.0. The Morgan fingerprint density at radius 1 is 1.09 bits per heavy atom. The molecule has 0 radical (unpaired) electrons. The molecule has 1 atom stereocenters. The first-order valence-electron chi connectivity index (χ1n) is 6.11. The highest BCUT2D eigenvalue weighted by Gasteiger charge is 2.13. The normalized spacial score (nSPS) is 10.1. The molecule has 6 N–H and O–H groups in total. The molecule has 0 unspecified atom stereocenters. The van der Waals surface area contributed by atoms with Crippen LogP contribution in [0.3, 0.4) is 0 Å². The second-order valence-electron chi connectivity index (χ2n) is 4.07. The second kappa shape index (κ2) is 14.8. The zero-order chi connectivity index (χ0) is 14.1. The minimum Gasteiger partial charge on any atom is -0.330 e. The molecule has 0 spiro atoms. The van der Waals surface area contributed by atoms with Gasteiger partial charge in [-0.15, -0.1) is 37.2 Å². The van der Waals surface area contributed by atoms with Crippen LogP contribution in [0.5, 0.6) is 0 Å². The van der Waals surface area contributed by atoms with Crippen molar-refractivity contribution in [2.75, 3.05) is 6.54 Å². The van der Waals surface area contributed by atoms with Gasteiger partial charge in [0.2, 0.25) is 0 Å². The summed E-state index contributed by atoms with van der Waals surface area (Å²) in [6.07, 6.45) is 5.13. The average Bonchev–Trinajstić information content (AvgIpc) is 2.45. The zero-order valence-electron chi connectivity index (χ0n) is 11.9. The summed E-state index contributed by atoms with van der Waals surface area (Å²) in [6, 6.07) is 2.44. The first kappa shape index (κ1) is 25.8. The molecule has 7 nitrogen and oxygen atoms in total. The van der Waals surface area contributed by atoms with Crippen molar-refractivity contribution in [2.24, 2.45) is 11.5 Å². The van der Waals surface area contributed by atoms with Crippen molar-refractivity contribution in [3.05, 3.63) is 30.1 Å². The van der Waals surface area contributed by atoms with Crippen molar-refractivity contribution < 1.29 is 9.59 Å². The van der Waals surface area contributed by atoms with Crippen LogP contribution in [0, 0.1) is 0 Å². The molecule has 10 heteroatoms. The SMILES string of the molecule is Cl.Cl.Cl.NCCCC[C@H](N)C(=O)NNC(=O)c1ccncc1. The van der Waals surface area contributed by atoms with Crippen LogP contribution in [0.25, 0.3) is 0 Å². The topological polar surface area (TPSA) is 123 Å². The lowest BCUT2D eigenvalue weighted by atomic mass is 10.1. The molecule has 22 heavy (non-hydrogen) atoms. The predicted octanol–water partition coefficient (Wildman–Crippen LogP) is 0.564. The Morgan fingerprint density at radius 3 is 2.23 bits per heavy atom. The highest BCUT2D eigenvalue weighted by Crippen LogP contribution is 1.98. The van der Waals surface area contributed by atoms with E-state index >= 15 is 0 Å². The molecule has 1 aromatic heterocycles. The molecule has 1 rings (SSSR count). The van der Waals surface area contributed by atoms with Gasteiger partial charge in [0.15, 0.2) is 0 Å². The summed E-state index contributed by atoms with van der Waals surface area (Å²) < 4.78 is 0. The molecule has 0 bridgehead atoms. The lowest BCUT2D eigenvalue weighted by Crippen LogP contribution is -2.49. The number of unbranched alkanes of at least 4 members (excludes halogenated alkanes) is 1. The molecule has 0 aliphatic heterocycles.